The van der Waals surface area contributed by atoms with Gasteiger partial charge in [0, 0.05) is 19.3 Å². The van der Waals surface area contributed by atoms with Gasteiger partial charge < -0.3 is 19.5 Å². The van der Waals surface area contributed by atoms with Crippen LogP contribution < -0.4 is 14.8 Å². The van der Waals surface area contributed by atoms with Crippen molar-refractivity contribution in [3.63, 3.8) is 0 Å². The van der Waals surface area contributed by atoms with E-state index in [-0.39, 0.29) is 0 Å². The van der Waals surface area contributed by atoms with Gasteiger partial charge in [-0.15, -0.1) is 0 Å². The molecule has 0 saturated carbocycles. The van der Waals surface area contributed by atoms with Gasteiger partial charge in [-0.1, -0.05) is 19.1 Å². The van der Waals surface area contributed by atoms with E-state index >= 15 is 0 Å². The molecule has 0 heterocycles. The molecule has 0 radical (unpaired) electrons. The first kappa shape index (κ1) is 17.2. The van der Waals surface area contributed by atoms with Gasteiger partial charge in [0.05, 0.1) is 13.2 Å². The van der Waals surface area contributed by atoms with Crippen LogP contribution in [0.2, 0.25) is 0 Å². The lowest BCUT2D eigenvalue weighted by Gasteiger charge is -2.10. The molecule has 1 N–H and O–H groups in total. The highest BCUT2D eigenvalue weighted by molar-refractivity contribution is 5.47. The quantitative estimate of drug-likeness (QED) is 0.670. The molecule has 0 aliphatic rings. The molecular weight excluding hydrogens is 290 g/mol. The normalized spacial score (nSPS) is 10.3. The number of benzene rings is 2. The second kappa shape index (κ2) is 9.74. The molecule has 124 valence electrons. The fraction of sp³-hybridized carbons (Fsp3) is 0.368. The standard InChI is InChI=1S/C19H25NO3/c1-3-12-22-19-10-6-17(7-11-19)20-15-16-4-8-18(9-5-16)23-14-13-21-2/h4-11,20H,3,12-15H2,1-2H3. The molecule has 0 saturated heterocycles. The minimum Gasteiger partial charge on any atom is -0.494 e. The molecule has 0 aromatic heterocycles. The predicted molar refractivity (Wildman–Crippen MR) is 93.4 cm³/mol. The number of anilines is 1. The van der Waals surface area contributed by atoms with Crippen molar-refractivity contribution in [3.05, 3.63) is 54.1 Å². The van der Waals surface area contributed by atoms with Crippen LogP contribution in [0.4, 0.5) is 5.69 Å². The molecule has 0 atom stereocenters. The van der Waals surface area contributed by atoms with Crippen LogP contribution >= 0.6 is 0 Å². The molecule has 0 bridgehead atoms. The third-order valence-corrected chi connectivity index (χ3v) is 3.30. The van der Waals surface area contributed by atoms with Gasteiger partial charge in [0.25, 0.3) is 0 Å². The third-order valence-electron chi connectivity index (χ3n) is 3.30. The minimum absolute atomic E-state index is 0.570. The highest BCUT2D eigenvalue weighted by Crippen LogP contribution is 2.17. The van der Waals surface area contributed by atoms with E-state index in [0.717, 1.165) is 36.8 Å². The molecule has 0 unspecified atom stereocenters. The van der Waals surface area contributed by atoms with Gasteiger partial charge in [-0.3, -0.25) is 0 Å². The maximum Gasteiger partial charge on any atom is 0.119 e. The summed E-state index contributed by atoms with van der Waals surface area (Å²) in [5, 5.41) is 3.40. The summed E-state index contributed by atoms with van der Waals surface area (Å²) < 4.78 is 16.1. The molecule has 0 aliphatic carbocycles. The van der Waals surface area contributed by atoms with Crippen LogP contribution in [0.1, 0.15) is 18.9 Å². The summed E-state index contributed by atoms with van der Waals surface area (Å²) in [6, 6.07) is 16.1. The Labute approximate surface area is 138 Å². The Morgan fingerprint density at radius 2 is 1.39 bits per heavy atom. The SMILES string of the molecule is CCCOc1ccc(NCc2ccc(OCCOC)cc2)cc1. The van der Waals surface area contributed by atoms with Crippen LogP contribution in [0, 0.1) is 0 Å². The molecule has 0 spiro atoms. The Kier molecular flexibility index (Phi) is 7.27. The van der Waals surface area contributed by atoms with Crippen molar-refractivity contribution in [1.29, 1.82) is 0 Å². The van der Waals surface area contributed by atoms with Crippen molar-refractivity contribution in [3.8, 4) is 11.5 Å². The number of hydrogen-bond acceptors (Lipinski definition) is 4. The van der Waals surface area contributed by atoms with Gasteiger partial charge in [-0.25, -0.2) is 0 Å². The van der Waals surface area contributed by atoms with Crippen molar-refractivity contribution < 1.29 is 14.2 Å². The second-order valence-electron chi connectivity index (χ2n) is 5.21. The van der Waals surface area contributed by atoms with Crippen LogP contribution in [0.5, 0.6) is 11.5 Å². The molecule has 0 aliphatic heterocycles. The topological polar surface area (TPSA) is 39.7 Å². The number of hydrogen-bond donors (Lipinski definition) is 1. The fourth-order valence-corrected chi connectivity index (χ4v) is 2.04. The average molecular weight is 315 g/mol. The summed E-state index contributed by atoms with van der Waals surface area (Å²) >= 11 is 0. The van der Waals surface area contributed by atoms with Crippen molar-refractivity contribution in [2.24, 2.45) is 0 Å². The Morgan fingerprint density at radius 1 is 0.783 bits per heavy atom. The first-order valence-corrected chi connectivity index (χ1v) is 7.99. The Morgan fingerprint density at radius 3 is 2.00 bits per heavy atom. The van der Waals surface area contributed by atoms with E-state index in [4.69, 9.17) is 14.2 Å². The Balaban J connectivity index is 1.78. The summed E-state index contributed by atoms with van der Waals surface area (Å²) in [6.45, 7) is 4.80. The molecular formula is C19H25NO3. The third kappa shape index (κ3) is 6.20. The Hall–Kier alpha value is -2.20. The highest BCUT2D eigenvalue weighted by Gasteiger charge is 1.98. The average Bonchev–Trinajstić information content (AvgIpc) is 2.60. The van der Waals surface area contributed by atoms with Gasteiger partial charge in [0.15, 0.2) is 0 Å². The van der Waals surface area contributed by atoms with E-state index in [9.17, 15) is 0 Å². The van der Waals surface area contributed by atoms with E-state index in [1.165, 1.54) is 5.56 Å². The summed E-state index contributed by atoms with van der Waals surface area (Å²) in [7, 11) is 1.67. The number of methoxy groups -OCH3 is 1. The van der Waals surface area contributed by atoms with Crippen molar-refractivity contribution in [1.82, 2.24) is 0 Å². The highest BCUT2D eigenvalue weighted by atomic mass is 16.5. The van der Waals surface area contributed by atoms with Gasteiger partial charge in [-0.2, -0.15) is 0 Å². The molecule has 23 heavy (non-hydrogen) atoms. The van der Waals surface area contributed by atoms with Crippen molar-refractivity contribution >= 4 is 5.69 Å². The lowest BCUT2D eigenvalue weighted by Crippen LogP contribution is -2.04. The smallest absolute Gasteiger partial charge is 0.119 e. The summed E-state index contributed by atoms with van der Waals surface area (Å²) in [4.78, 5) is 0. The zero-order chi connectivity index (χ0) is 16.3. The molecule has 0 amide bonds. The summed E-state index contributed by atoms with van der Waals surface area (Å²) in [6.07, 6.45) is 1.02. The van der Waals surface area contributed by atoms with Crippen molar-refractivity contribution in [2.75, 3.05) is 32.2 Å². The molecule has 2 aromatic carbocycles. The first-order valence-electron chi connectivity index (χ1n) is 7.99. The Bertz CT molecular complexity index is 552. The van der Waals surface area contributed by atoms with Crippen LogP contribution in [-0.2, 0) is 11.3 Å². The van der Waals surface area contributed by atoms with Crippen LogP contribution in [0.3, 0.4) is 0 Å². The molecule has 2 rings (SSSR count). The number of ether oxygens (including phenoxy) is 3. The molecule has 0 fully saturated rings. The summed E-state index contributed by atoms with van der Waals surface area (Å²) in [5.74, 6) is 1.78. The fourth-order valence-electron chi connectivity index (χ4n) is 2.04. The van der Waals surface area contributed by atoms with Crippen molar-refractivity contribution in [2.45, 2.75) is 19.9 Å². The maximum absolute atomic E-state index is 5.58. The van der Waals surface area contributed by atoms with Gasteiger partial charge in [0.2, 0.25) is 0 Å². The van der Waals surface area contributed by atoms with E-state index < -0.39 is 0 Å². The number of rotatable bonds is 10. The van der Waals surface area contributed by atoms with Gasteiger partial charge in [-0.05, 0) is 48.4 Å². The van der Waals surface area contributed by atoms with E-state index in [0.29, 0.717) is 13.2 Å². The van der Waals surface area contributed by atoms with E-state index in [1.54, 1.807) is 7.11 Å². The van der Waals surface area contributed by atoms with Gasteiger partial charge in [0.1, 0.15) is 18.1 Å². The van der Waals surface area contributed by atoms with Crippen LogP contribution in [0.25, 0.3) is 0 Å². The lowest BCUT2D eigenvalue weighted by atomic mass is 10.2. The minimum atomic E-state index is 0.570. The largest absolute Gasteiger partial charge is 0.494 e. The second-order valence-corrected chi connectivity index (χ2v) is 5.21. The molecule has 4 nitrogen and oxygen atoms in total. The monoisotopic (exact) mass is 315 g/mol. The zero-order valence-corrected chi connectivity index (χ0v) is 13.9. The first-order chi connectivity index (χ1) is 11.3. The van der Waals surface area contributed by atoms with Gasteiger partial charge >= 0.3 is 0 Å². The zero-order valence-electron chi connectivity index (χ0n) is 13.9. The van der Waals surface area contributed by atoms with Crippen LogP contribution in [0.15, 0.2) is 48.5 Å². The maximum atomic E-state index is 5.58. The molecule has 2 aromatic rings. The van der Waals surface area contributed by atoms with E-state index in [1.807, 2.05) is 36.4 Å². The van der Waals surface area contributed by atoms with E-state index in [2.05, 4.69) is 24.4 Å². The lowest BCUT2D eigenvalue weighted by molar-refractivity contribution is 0.146. The number of nitrogens with one attached hydrogen (secondary N) is 1. The molecule has 4 heteroatoms. The van der Waals surface area contributed by atoms with Crippen LogP contribution in [-0.4, -0.2) is 26.9 Å². The predicted octanol–water partition coefficient (Wildman–Crippen LogP) is 4.11. The summed E-state index contributed by atoms with van der Waals surface area (Å²) in [5.41, 5.74) is 2.28.